The van der Waals surface area contributed by atoms with Crippen LogP contribution in [-0.4, -0.2) is 76.8 Å². The molecule has 0 aromatic rings. The van der Waals surface area contributed by atoms with Crippen LogP contribution in [-0.2, 0) is 19.2 Å². The number of amides is 3. The van der Waals surface area contributed by atoms with Crippen molar-refractivity contribution in [1.82, 2.24) is 15.5 Å². The molecule has 3 N–H and O–H groups in total. The molecule has 9 heteroatoms. The Labute approximate surface area is 145 Å². The van der Waals surface area contributed by atoms with Gasteiger partial charge in [0.05, 0.1) is 6.61 Å². The lowest BCUT2D eigenvalue weighted by Crippen LogP contribution is -2.52. The van der Waals surface area contributed by atoms with E-state index in [9.17, 15) is 24.3 Å². The van der Waals surface area contributed by atoms with E-state index >= 15 is 0 Å². The van der Waals surface area contributed by atoms with E-state index < -0.39 is 30.6 Å². The van der Waals surface area contributed by atoms with Gasteiger partial charge in [-0.3, -0.25) is 19.2 Å². The minimum atomic E-state index is -0.894. The average Bonchev–Trinajstić information content (AvgIpc) is 2.79. The lowest BCUT2D eigenvalue weighted by atomic mass is 10.1. The van der Waals surface area contributed by atoms with Gasteiger partial charge in [-0.15, -0.1) is 0 Å². The number of carbonyl (C=O) groups is 4. The summed E-state index contributed by atoms with van der Waals surface area (Å²) in [7, 11) is 0. The summed E-state index contributed by atoms with van der Waals surface area (Å²) in [6.07, 6.45) is 3.17. The quantitative estimate of drug-likeness (QED) is 0.427. The van der Waals surface area contributed by atoms with Gasteiger partial charge in [0.1, 0.15) is 18.1 Å². The van der Waals surface area contributed by atoms with Gasteiger partial charge < -0.3 is 20.6 Å². The Kier molecular flexibility index (Phi) is 8.20. The Balaban J connectivity index is 2.77. The van der Waals surface area contributed by atoms with E-state index in [4.69, 9.17) is 0 Å². The Morgan fingerprint density at radius 3 is 2.67 bits per heavy atom. The third kappa shape index (κ3) is 4.94. The molecule has 1 saturated heterocycles. The van der Waals surface area contributed by atoms with Gasteiger partial charge in [0.15, 0.2) is 5.78 Å². The highest BCUT2D eigenvalue weighted by Gasteiger charge is 2.43. The van der Waals surface area contributed by atoms with Crippen molar-refractivity contribution in [3.05, 3.63) is 0 Å². The van der Waals surface area contributed by atoms with Gasteiger partial charge in [-0.05, 0) is 38.7 Å². The molecule has 0 aromatic heterocycles. The zero-order valence-electron chi connectivity index (χ0n) is 14.2. The van der Waals surface area contributed by atoms with Crippen LogP contribution in [0.2, 0.25) is 0 Å². The molecule has 1 rings (SSSR count). The van der Waals surface area contributed by atoms with Crippen LogP contribution in [0, 0.1) is 0 Å². The Bertz CT molecular complexity index is 488. The summed E-state index contributed by atoms with van der Waals surface area (Å²) in [6.45, 7) is 2.64. The lowest BCUT2D eigenvalue weighted by molar-refractivity contribution is -0.140. The number of Topliss-reactive ketones (excluding diaryl/α,β-unsaturated/α-hetero) is 1. The van der Waals surface area contributed by atoms with Crippen LogP contribution < -0.4 is 10.6 Å². The van der Waals surface area contributed by atoms with Gasteiger partial charge in [0.2, 0.25) is 18.2 Å². The number of likely N-dealkylation sites (tertiary alicyclic amines) is 1. The summed E-state index contributed by atoms with van der Waals surface area (Å²) in [6, 6.07) is -2.62. The highest BCUT2D eigenvalue weighted by atomic mass is 32.2. The Morgan fingerprint density at radius 2 is 2.17 bits per heavy atom. The fraction of sp³-hybridized carbons (Fsp3) is 0.733. The predicted octanol–water partition coefficient (Wildman–Crippen LogP) is -1.09. The second-order valence-corrected chi connectivity index (χ2v) is 6.80. The first kappa shape index (κ1) is 20.4. The topological polar surface area (TPSA) is 116 Å². The van der Waals surface area contributed by atoms with Crippen LogP contribution in [0.15, 0.2) is 0 Å². The van der Waals surface area contributed by atoms with Crippen LogP contribution >= 0.6 is 11.8 Å². The van der Waals surface area contributed by atoms with Crippen LogP contribution in [0.5, 0.6) is 0 Å². The second kappa shape index (κ2) is 9.63. The molecule has 0 bridgehead atoms. The van der Waals surface area contributed by atoms with E-state index in [0.717, 1.165) is 0 Å². The summed E-state index contributed by atoms with van der Waals surface area (Å²) in [4.78, 5) is 48.4. The second-order valence-electron chi connectivity index (χ2n) is 5.82. The SMILES string of the molecule is CSCCC(NC=O)C(=O)NC1CC(C)N(C(CO)C(C)=O)C1=O. The van der Waals surface area contributed by atoms with Crippen molar-refractivity contribution in [2.45, 2.75) is 50.9 Å². The van der Waals surface area contributed by atoms with Crippen LogP contribution in [0.4, 0.5) is 0 Å². The normalized spacial score (nSPS) is 22.8. The van der Waals surface area contributed by atoms with Crippen LogP contribution in [0.25, 0.3) is 0 Å². The summed E-state index contributed by atoms with van der Waals surface area (Å²) in [5.74, 6) is -0.423. The van der Waals surface area contributed by atoms with Gasteiger partial charge in [0.25, 0.3) is 0 Å². The smallest absolute Gasteiger partial charge is 0.246 e. The fourth-order valence-electron chi connectivity index (χ4n) is 2.83. The molecular weight excluding hydrogens is 334 g/mol. The molecule has 0 aliphatic carbocycles. The van der Waals surface area contributed by atoms with Crippen LogP contribution in [0.1, 0.15) is 26.7 Å². The molecule has 24 heavy (non-hydrogen) atoms. The molecular formula is C15H25N3O5S. The Morgan fingerprint density at radius 1 is 1.50 bits per heavy atom. The van der Waals surface area contributed by atoms with Gasteiger partial charge >= 0.3 is 0 Å². The van der Waals surface area contributed by atoms with E-state index in [1.54, 1.807) is 18.7 Å². The maximum absolute atomic E-state index is 12.5. The van der Waals surface area contributed by atoms with E-state index in [0.29, 0.717) is 25.0 Å². The molecule has 0 spiro atoms. The van der Waals surface area contributed by atoms with Crippen molar-refractivity contribution in [2.24, 2.45) is 0 Å². The maximum Gasteiger partial charge on any atom is 0.246 e. The molecule has 1 fully saturated rings. The van der Waals surface area contributed by atoms with E-state index in [2.05, 4.69) is 10.6 Å². The number of hydrogen-bond donors (Lipinski definition) is 3. The number of aliphatic hydroxyl groups excluding tert-OH is 1. The van der Waals surface area contributed by atoms with Gasteiger partial charge in [0, 0.05) is 6.04 Å². The first-order valence-electron chi connectivity index (χ1n) is 7.79. The third-order valence-corrected chi connectivity index (χ3v) is 4.74. The number of rotatable bonds is 10. The number of aliphatic hydroxyl groups is 1. The lowest BCUT2D eigenvalue weighted by Gasteiger charge is -2.28. The van der Waals surface area contributed by atoms with Crippen molar-refractivity contribution in [3.63, 3.8) is 0 Å². The molecule has 4 atom stereocenters. The molecule has 1 aliphatic heterocycles. The highest BCUT2D eigenvalue weighted by molar-refractivity contribution is 7.98. The number of ketones is 1. The summed E-state index contributed by atoms with van der Waals surface area (Å²) >= 11 is 1.55. The van der Waals surface area contributed by atoms with E-state index in [-0.39, 0.29) is 17.7 Å². The van der Waals surface area contributed by atoms with Gasteiger partial charge in [-0.25, -0.2) is 0 Å². The summed E-state index contributed by atoms with van der Waals surface area (Å²) in [5, 5.41) is 14.5. The number of carbonyl (C=O) groups excluding carboxylic acids is 4. The molecule has 1 heterocycles. The number of hydrogen-bond acceptors (Lipinski definition) is 6. The first-order chi connectivity index (χ1) is 11.4. The van der Waals surface area contributed by atoms with Gasteiger partial charge in [-0.2, -0.15) is 11.8 Å². The van der Waals surface area contributed by atoms with Crippen molar-refractivity contribution >= 4 is 35.8 Å². The largest absolute Gasteiger partial charge is 0.394 e. The van der Waals surface area contributed by atoms with E-state index in [1.165, 1.54) is 11.8 Å². The molecule has 0 aromatic carbocycles. The monoisotopic (exact) mass is 359 g/mol. The van der Waals surface area contributed by atoms with Crippen molar-refractivity contribution in [2.75, 3.05) is 18.6 Å². The molecule has 1 aliphatic rings. The van der Waals surface area contributed by atoms with E-state index in [1.807, 2.05) is 6.26 Å². The Hall–Kier alpha value is -1.61. The summed E-state index contributed by atoms with van der Waals surface area (Å²) in [5.41, 5.74) is 0. The molecule has 0 saturated carbocycles. The van der Waals surface area contributed by atoms with Gasteiger partial charge in [-0.1, -0.05) is 0 Å². The average molecular weight is 359 g/mol. The number of nitrogens with zero attached hydrogens (tertiary/aromatic N) is 1. The molecule has 3 amide bonds. The van der Waals surface area contributed by atoms with Crippen molar-refractivity contribution in [3.8, 4) is 0 Å². The zero-order valence-corrected chi connectivity index (χ0v) is 15.0. The molecule has 4 unspecified atom stereocenters. The first-order valence-corrected chi connectivity index (χ1v) is 9.19. The predicted molar refractivity (Wildman–Crippen MR) is 90.4 cm³/mol. The molecule has 0 radical (unpaired) electrons. The highest BCUT2D eigenvalue weighted by Crippen LogP contribution is 2.22. The number of nitrogens with one attached hydrogen (secondary N) is 2. The standard InChI is InChI=1S/C15H25N3O5S/c1-9-6-12(15(23)18(9)13(7-19)10(2)21)17-14(22)11(16-8-20)4-5-24-3/h8-9,11-13,19H,4-7H2,1-3H3,(H,16,20)(H,17,22). The maximum atomic E-state index is 12.5. The van der Waals surface area contributed by atoms with Crippen LogP contribution in [0.3, 0.4) is 0 Å². The minimum Gasteiger partial charge on any atom is -0.394 e. The third-order valence-electron chi connectivity index (χ3n) is 4.10. The molecule has 136 valence electrons. The minimum absolute atomic E-state index is 0.271. The zero-order chi connectivity index (χ0) is 18.3. The van der Waals surface area contributed by atoms with Crippen molar-refractivity contribution in [1.29, 1.82) is 0 Å². The van der Waals surface area contributed by atoms with Crippen molar-refractivity contribution < 1.29 is 24.3 Å². The summed E-state index contributed by atoms with van der Waals surface area (Å²) < 4.78 is 0. The fourth-order valence-corrected chi connectivity index (χ4v) is 3.30. The number of thioether (sulfide) groups is 1. The molecule has 8 nitrogen and oxygen atoms in total.